The third kappa shape index (κ3) is 3.04. The first-order chi connectivity index (χ1) is 8.20. The summed E-state index contributed by atoms with van der Waals surface area (Å²) >= 11 is 1.65. The van der Waals surface area contributed by atoms with Gasteiger partial charge in [0.1, 0.15) is 6.04 Å². The van der Waals surface area contributed by atoms with Gasteiger partial charge in [0.05, 0.1) is 17.8 Å². The van der Waals surface area contributed by atoms with E-state index in [9.17, 15) is 4.79 Å². The second-order valence-corrected chi connectivity index (χ2v) is 5.43. The fourth-order valence-corrected chi connectivity index (χ4v) is 2.88. The molecule has 1 aromatic heterocycles. The average molecular weight is 254 g/mol. The van der Waals surface area contributed by atoms with Crippen molar-refractivity contribution in [3.05, 3.63) is 16.1 Å². The first-order valence-electron chi connectivity index (χ1n) is 5.93. The highest BCUT2D eigenvalue weighted by atomic mass is 32.1. The summed E-state index contributed by atoms with van der Waals surface area (Å²) in [6, 6.07) is -0.0873. The summed E-state index contributed by atoms with van der Waals surface area (Å²) in [4.78, 5) is 18.3. The lowest BCUT2D eigenvalue weighted by atomic mass is 10.0. The molecule has 0 aromatic carbocycles. The molecule has 0 saturated carbocycles. The molecule has 0 bridgehead atoms. The molecule has 94 valence electrons. The number of ether oxygens (including phenoxy) is 1. The van der Waals surface area contributed by atoms with Gasteiger partial charge < -0.3 is 4.74 Å². The Morgan fingerprint density at radius 3 is 3.12 bits per heavy atom. The summed E-state index contributed by atoms with van der Waals surface area (Å²) in [7, 11) is 1.46. The molecule has 1 aliphatic rings. The average Bonchev–Trinajstić information content (AvgIpc) is 2.74. The molecular weight excluding hydrogens is 236 g/mol. The molecular formula is C12H18N2O2S. The monoisotopic (exact) mass is 254 g/mol. The lowest BCUT2D eigenvalue weighted by molar-refractivity contribution is -0.148. The topological polar surface area (TPSA) is 42.4 Å². The van der Waals surface area contributed by atoms with Gasteiger partial charge in [0.2, 0.25) is 0 Å². The maximum atomic E-state index is 11.7. The first kappa shape index (κ1) is 12.5. The summed E-state index contributed by atoms with van der Waals surface area (Å²) in [6.07, 6.45) is 3.15. The van der Waals surface area contributed by atoms with Crippen LogP contribution in [-0.2, 0) is 16.1 Å². The fourth-order valence-electron chi connectivity index (χ4n) is 2.27. The van der Waals surface area contributed by atoms with Crippen molar-refractivity contribution in [3.63, 3.8) is 0 Å². The Labute approximate surface area is 106 Å². The van der Waals surface area contributed by atoms with E-state index in [0.717, 1.165) is 43.1 Å². The molecule has 4 nitrogen and oxygen atoms in total. The van der Waals surface area contributed by atoms with E-state index in [-0.39, 0.29) is 12.0 Å². The van der Waals surface area contributed by atoms with Crippen molar-refractivity contribution < 1.29 is 9.53 Å². The van der Waals surface area contributed by atoms with Gasteiger partial charge in [-0.25, -0.2) is 4.98 Å². The second kappa shape index (κ2) is 5.60. The molecule has 1 fully saturated rings. The Morgan fingerprint density at radius 1 is 1.65 bits per heavy atom. The summed E-state index contributed by atoms with van der Waals surface area (Å²) in [5.41, 5.74) is 1.06. The smallest absolute Gasteiger partial charge is 0.323 e. The van der Waals surface area contributed by atoms with Gasteiger partial charge in [0.25, 0.3) is 0 Å². The number of carbonyl (C=O) groups is 1. The number of nitrogens with zero attached hydrogens (tertiary/aromatic N) is 2. The summed E-state index contributed by atoms with van der Waals surface area (Å²) in [5.74, 6) is -0.114. The summed E-state index contributed by atoms with van der Waals surface area (Å²) < 4.78 is 4.86. The van der Waals surface area contributed by atoms with E-state index in [0.29, 0.717) is 0 Å². The van der Waals surface area contributed by atoms with Crippen LogP contribution in [0.4, 0.5) is 0 Å². The van der Waals surface area contributed by atoms with Crippen molar-refractivity contribution in [2.45, 2.75) is 38.8 Å². The molecule has 5 heteroatoms. The number of carbonyl (C=O) groups excluding carboxylic acids is 1. The van der Waals surface area contributed by atoms with E-state index in [4.69, 9.17) is 4.74 Å². The van der Waals surface area contributed by atoms with Crippen molar-refractivity contribution >= 4 is 17.3 Å². The number of piperidine rings is 1. The SMILES string of the molecule is COC(=O)[C@H]1CCCCN1Cc1csc(C)n1. The van der Waals surface area contributed by atoms with Crippen LogP contribution in [-0.4, -0.2) is 35.5 Å². The number of aryl methyl sites for hydroxylation is 1. The lowest BCUT2D eigenvalue weighted by Crippen LogP contribution is -2.44. The van der Waals surface area contributed by atoms with E-state index in [1.54, 1.807) is 11.3 Å². The zero-order chi connectivity index (χ0) is 12.3. The molecule has 1 aliphatic heterocycles. The van der Waals surface area contributed by atoms with E-state index < -0.39 is 0 Å². The van der Waals surface area contributed by atoms with Crippen LogP contribution in [0.2, 0.25) is 0 Å². The van der Waals surface area contributed by atoms with Gasteiger partial charge >= 0.3 is 5.97 Å². The molecule has 0 radical (unpaired) electrons. The van der Waals surface area contributed by atoms with Gasteiger partial charge in [-0.3, -0.25) is 9.69 Å². The number of hydrogen-bond acceptors (Lipinski definition) is 5. The van der Waals surface area contributed by atoms with Crippen molar-refractivity contribution in [2.75, 3.05) is 13.7 Å². The van der Waals surface area contributed by atoms with Crippen molar-refractivity contribution in [3.8, 4) is 0 Å². The largest absolute Gasteiger partial charge is 0.468 e. The lowest BCUT2D eigenvalue weighted by Gasteiger charge is -2.33. The van der Waals surface area contributed by atoms with Crippen LogP contribution in [0.15, 0.2) is 5.38 Å². The Balaban J connectivity index is 2.03. The molecule has 0 amide bonds. The van der Waals surface area contributed by atoms with Gasteiger partial charge in [0, 0.05) is 11.9 Å². The molecule has 1 aromatic rings. The number of thiazole rings is 1. The summed E-state index contributed by atoms with van der Waals surface area (Å²) in [5, 5.41) is 3.14. The molecule has 1 saturated heterocycles. The van der Waals surface area contributed by atoms with Crippen LogP contribution >= 0.6 is 11.3 Å². The third-order valence-electron chi connectivity index (χ3n) is 3.12. The Bertz CT molecular complexity index is 392. The number of rotatable bonds is 3. The number of methoxy groups -OCH3 is 1. The normalized spacial score (nSPS) is 21.4. The maximum Gasteiger partial charge on any atom is 0.323 e. The van der Waals surface area contributed by atoms with Crippen LogP contribution in [0.25, 0.3) is 0 Å². The predicted molar refractivity (Wildman–Crippen MR) is 66.9 cm³/mol. The minimum atomic E-state index is -0.114. The van der Waals surface area contributed by atoms with Gasteiger partial charge in [0.15, 0.2) is 0 Å². The molecule has 0 N–H and O–H groups in total. The Hall–Kier alpha value is -0.940. The molecule has 2 rings (SSSR count). The van der Waals surface area contributed by atoms with Crippen LogP contribution in [0.1, 0.15) is 30.0 Å². The van der Waals surface area contributed by atoms with E-state index in [1.165, 1.54) is 7.11 Å². The number of esters is 1. The highest BCUT2D eigenvalue weighted by Crippen LogP contribution is 2.21. The van der Waals surface area contributed by atoms with Crippen LogP contribution in [0.3, 0.4) is 0 Å². The highest BCUT2D eigenvalue weighted by molar-refractivity contribution is 7.09. The fraction of sp³-hybridized carbons (Fsp3) is 0.667. The van der Waals surface area contributed by atoms with Crippen LogP contribution in [0, 0.1) is 6.92 Å². The zero-order valence-electron chi connectivity index (χ0n) is 10.3. The van der Waals surface area contributed by atoms with Crippen molar-refractivity contribution in [1.82, 2.24) is 9.88 Å². The number of hydrogen-bond donors (Lipinski definition) is 0. The van der Waals surface area contributed by atoms with Gasteiger partial charge in [-0.1, -0.05) is 6.42 Å². The molecule has 1 atom stereocenters. The number of aromatic nitrogens is 1. The van der Waals surface area contributed by atoms with Gasteiger partial charge in [-0.05, 0) is 26.3 Å². The van der Waals surface area contributed by atoms with Crippen molar-refractivity contribution in [2.24, 2.45) is 0 Å². The predicted octanol–water partition coefficient (Wildman–Crippen LogP) is 1.98. The molecule has 0 unspecified atom stereocenters. The van der Waals surface area contributed by atoms with E-state index in [2.05, 4.69) is 15.3 Å². The second-order valence-electron chi connectivity index (χ2n) is 4.36. The zero-order valence-corrected chi connectivity index (χ0v) is 11.1. The number of likely N-dealkylation sites (tertiary alicyclic amines) is 1. The molecule has 2 heterocycles. The van der Waals surface area contributed by atoms with Crippen LogP contribution in [0.5, 0.6) is 0 Å². The quantitative estimate of drug-likeness (QED) is 0.774. The molecule has 17 heavy (non-hydrogen) atoms. The van der Waals surface area contributed by atoms with E-state index >= 15 is 0 Å². The van der Waals surface area contributed by atoms with Crippen molar-refractivity contribution in [1.29, 1.82) is 0 Å². The standard InChI is InChI=1S/C12H18N2O2S/c1-9-13-10(8-17-9)7-14-6-4-3-5-11(14)12(15)16-2/h8,11H,3-7H2,1-2H3/t11-/m1/s1. The maximum absolute atomic E-state index is 11.7. The highest BCUT2D eigenvalue weighted by Gasteiger charge is 2.29. The van der Waals surface area contributed by atoms with Gasteiger partial charge in [-0.2, -0.15) is 0 Å². The van der Waals surface area contributed by atoms with Crippen LogP contribution < -0.4 is 0 Å². The van der Waals surface area contributed by atoms with E-state index in [1.807, 2.05) is 6.92 Å². The molecule has 0 spiro atoms. The minimum Gasteiger partial charge on any atom is -0.468 e. The Morgan fingerprint density at radius 2 is 2.47 bits per heavy atom. The first-order valence-corrected chi connectivity index (χ1v) is 6.81. The third-order valence-corrected chi connectivity index (χ3v) is 3.94. The Kier molecular flexibility index (Phi) is 4.12. The minimum absolute atomic E-state index is 0.0873. The van der Waals surface area contributed by atoms with Gasteiger partial charge in [-0.15, -0.1) is 11.3 Å². The molecule has 0 aliphatic carbocycles. The summed E-state index contributed by atoms with van der Waals surface area (Å²) in [6.45, 7) is 3.71.